The molecule has 0 bridgehead atoms. The third-order valence-corrected chi connectivity index (χ3v) is 3.63. The van der Waals surface area contributed by atoms with Crippen LogP contribution in [0.2, 0.25) is 0 Å². The molecule has 0 unspecified atom stereocenters. The van der Waals surface area contributed by atoms with Gasteiger partial charge < -0.3 is 4.57 Å². The third-order valence-electron chi connectivity index (χ3n) is 2.37. The van der Waals surface area contributed by atoms with Gasteiger partial charge in [0.25, 0.3) is 0 Å². The van der Waals surface area contributed by atoms with Crippen LogP contribution in [0.1, 0.15) is 0 Å². The van der Waals surface area contributed by atoms with Crippen LogP contribution in [0.25, 0.3) is 11.3 Å². The first-order valence-electron chi connectivity index (χ1n) is 4.73. The molecule has 0 fully saturated rings. The maximum atomic E-state index is 13.8. The van der Waals surface area contributed by atoms with Gasteiger partial charge in [-0.25, -0.2) is 4.39 Å². The molecular formula is C12H7BrFINOY-. The number of pyridine rings is 1. The predicted molar refractivity (Wildman–Crippen MR) is 76.3 cm³/mol. The molecule has 1 heterocycles. The maximum absolute atomic E-state index is 13.8. The molecule has 0 aliphatic heterocycles. The topological polar surface area (TPSA) is 22.0 Å². The van der Waals surface area contributed by atoms with Gasteiger partial charge in [0.1, 0.15) is 0 Å². The summed E-state index contributed by atoms with van der Waals surface area (Å²) in [6, 6.07) is 9.21. The van der Waals surface area contributed by atoms with Crippen LogP contribution in [0.3, 0.4) is 0 Å². The molecule has 0 N–H and O–H groups in total. The van der Waals surface area contributed by atoms with Gasteiger partial charge in [-0.3, -0.25) is 4.79 Å². The zero-order valence-corrected chi connectivity index (χ0v) is 16.0. The van der Waals surface area contributed by atoms with Gasteiger partial charge in [0, 0.05) is 44.2 Å². The number of nitrogens with zero attached hydrogens (tertiary/aromatic N) is 1. The first-order chi connectivity index (χ1) is 8.00. The summed E-state index contributed by atoms with van der Waals surface area (Å²) in [5.41, 5.74) is 0.659. The Morgan fingerprint density at radius 2 is 2.11 bits per heavy atom. The molecule has 2 rings (SSSR count). The fourth-order valence-corrected chi connectivity index (χ4v) is 2.34. The van der Waals surface area contributed by atoms with Gasteiger partial charge in [-0.1, -0.05) is 33.3 Å². The summed E-state index contributed by atoms with van der Waals surface area (Å²) in [5, 5.41) is 0. The average Bonchev–Trinajstić information content (AvgIpc) is 2.28. The molecule has 0 spiro atoms. The van der Waals surface area contributed by atoms with Gasteiger partial charge in [-0.05, 0) is 9.64 Å². The van der Waals surface area contributed by atoms with Gasteiger partial charge in [0.05, 0.1) is 5.82 Å². The Morgan fingerprint density at radius 1 is 1.44 bits per heavy atom. The Kier molecular flexibility index (Phi) is 6.15. The zero-order valence-electron chi connectivity index (χ0n) is 9.38. The molecule has 0 amide bonds. The summed E-state index contributed by atoms with van der Waals surface area (Å²) in [7, 11) is 1.61. The Balaban J connectivity index is 0.00000162. The quantitative estimate of drug-likeness (QED) is 0.439. The smallest absolute Gasteiger partial charge is 0.207 e. The van der Waals surface area contributed by atoms with Crippen LogP contribution in [0.4, 0.5) is 4.39 Å². The van der Waals surface area contributed by atoms with Crippen molar-refractivity contribution in [3.8, 4) is 11.3 Å². The van der Waals surface area contributed by atoms with Crippen LogP contribution in [0.15, 0.2) is 33.5 Å². The van der Waals surface area contributed by atoms with Crippen LogP contribution in [0.5, 0.6) is 0 Å². The minimum Gasteiger partial charge on any atom is -0.344 e. The second-order valence-electron chi connectivity index (χ2n) is 3.47. The van der Waals surface area contributed by atoms with Gasteiger partial charge in [-0.15, -0.1) is 28.7 Å². The number of halogens is 3. The van der Waals surface area contributed by atoms with E-state index in [0.29, 0.717) is 19.3 Å². The number of rotatable bonds is 1. The molecule has 6 heteroatoms. The number of aromatic nitrogens is 1. The molecule has 0 aliphatic rings. The van der Waals surface area contributed by atoms with E-state index in [0.717, 1.165) is 0 Å². The molecule has 0 saturated heterocycles. The second-order valence-corrected chi connectivity index (χ2v) is 5.55. The molecule has 1 aromatic carbocycles. The zero-order chi connectivity index (χ0) is 12.6. The van der Waals surface area contributed by atoms with Crippen LogP contribution >= 0.6 is 38.5 Å². The van der Waals surface area contributed by atoms with Crippen LogP contribution < -0.4 is 5.56 Å². The summed E-state index contributed by atoms with van der Waals surface area (Å²) in [4.78, 5) is 11.7. The van der Waals surface area contributed by atoms with E-state index >= 15 is 0 Å². The van der Waals surface area contributed by atoms with Crippen LogP contribution in [-0.4, -0.2) is 4.57 Å². The molecule has 1 aromatic heterocycles. The number of hydrogen-bond acceptors (Lipinski definition) is 1. The number of hydrogen-bond donors (Lipinski definition) is 0. The van der Waals surface area contributed by atoms with E-state index in [1.165, 1.54) is 10.6 Å². The summed E-state index contributed by atoms with van der Waals surface area (Å²) in [5.74, 6) is -0.383. The molecule has 1 radical (unpaired) electrons. The van der Waals surface area contributed by atoms with Crippen LogP contribution in [0, 0.1) is 15.5 Å². The van der Waals surface area contributed by atoms with Crippen molar-refractivity contribution in [1.82, 2.24) is 4.57 Å². The van der Waals surface area contributed by atoms with E-state index in [4.69, 9.17) is 0 Å². The first kappa shape index (κ1) is 16.5. The van der Waals surface area contributed by atoms with E-state index in [1.807, 2.05) is 22.6 Å². The summed E-state index contributed by atoms with van der Waals surface area (Å²) >= 11 is 5.13. The minimum absolute atomic E-state index is 0. The van der Waals surface area contributed by atoms with E-state index in [-0.39, 0.29) is 44.1 Å². The largest absolute Gasteiger partial charge is 0.344 e. The molecular weight excluding hydrogens is 489 g/mol. The standard InChI is InChI=1S/C12H7BrFINO.Y/c1-16-11(5-4-10(15)12(16)17)8-3-2-7(13)6-9(8)14;/h2-4,6H,1H3;/q-1;. The maximum Gasteiger partial charge on any atom is 0.207 e. The fraction of sp³-hybridized carbons (Fsp3) is 0.0833. The van der Waals surface area contributed by atoms with Gasteiger partial charge in [-0.2, -0.15) is 12.1 Å². The van der Waals surface area contributed by atoms with E-state index < -0.39 is 0 Å². The van der Waals surface area contributed by atoms with Crippen molar-refractivity contribution in [1.29, 1.82) is 0 Å². The van der Waals surface area contributed by atoms with Crippen molar-refractivity contribution in [3.05, 3.63) is 54.5 Å². The molecule has 2 aromatic rings. The molecule has 2 nitrogen and oxygen atoms in total. The first-order valence-corrected chi connectivity index (χ1v) is 6.60. The van der Waals surface area contributed by atoms with Crippen molar-refractivity contribution >= 4 is 38.5 Å². The van der Waals surface area contributed by atoms with Gasteiger partial charge in [0.2, 0.25) is 5.56 Å². The summed E-state index contributed by atoms with van der Waals surface area (Å²) < 4.78 is 16.4. The van der Waals surface area contributed by atoms with Crippen molar-refractivity contribution in [3.63, 3.8) is 0 Å². The van der Waals surface area contributed by atoms with E-state index in [1.54, 1.807) is 25.2 Å². The van der Waals surface area contributed by atoms with E-state index in [9.17, 15) is 9.18 Å². The van der Waals surface area contributed by atoms with Crippen molar-refractivity contribution in [2.24, 2.45) is 7.05 Å². The van der Waals surface area contributed by atoms with Gasteiger partial charge in [0.15, 0.2) is 0 Å². The SMILES string of the molecule is Cn1c(-c2ccc(Br)cc2F)[c-]cc(I)c1=O.[Y]. The Morgan fingerprint density at radius 3 is 2.72 bits per heavy atom. The average molecular weight is 496 g/mol. The van der Waals surface area contributed by atoms with Crippen molar-refractivity contribution in [2.45, 2.75) is 0 Å². The second kappa shape index (κ2) is 6.72. The van der Waals surface area contributed by atoms with Crippen LogP contribution in [-0.2, 0) is 39.8 Å². The van der Waals surface area contributed by atoms with Gasteiger partial charge >= 0.3 is 0 Å². The molecule has 0 aliphatic carbocycles. The third kappa shape index (κ3) is 3.29. The molecule has 18 heavy (non-hydrogen) atoms. The van der Waals surface area contributed by atoms with E-state index in [2.05, 4.69) is 22.0 Å². The van der Waals surface area contributed by atoms with Crippen molar-refractivity contribution < 1.29 is 37.1 Å². The normalized spacial score (nSPS) is 10.0. The number of benzene rings is 1. The Labute approximate surface area is 151 Å². The molecule has 0 atom stereocenters. The summed E-state index contributed by atoms with van der Waals surface area (Å²) in [6.45, 7) is 0. The monoisotopic (exact) mass is 495 g/mol. The molecule has 91 valence electrons. The Hall–Kier alpha value is 0.414. The van der Waals surface area contributed by atoms with Crippen molar-refractivity contribution in [2.75, 3.05) is 0 Å². The minimum atomic E-state index is -0.383. The molecule has 0 saturated carbocycles. The summed E-state index contributed by atoms with van der Waals surface area (Å²) in [6.07, 6.45) is 0. The fourth-order valence-electron chi connectivity index (χ4n) is 1.49. The Bertz CT molecular complexity index is 644. The predicted octanol–water partition coefficient (Wildman–Crippen LogP) is 3.36.